The minimum atomic E-state index is 0.0345. The number of pyridine rings is 1. The Morgan fingerprint density at radius 3 is 3.00 bits per heavy atom. The number of likely N-dealkylation sites (tertiary alicyclic amines) is 1. The molecule has 5 heteroatoms. The molecule has 1 aliphatic rings. The number of nitrogens with zero attached hydrogens (tertiary/aromatic N) is 2. The predicted octanol–water partition coefficient (Wildman–Crippen LogP) is 3.10. The van der Waals surface area contributed by atoms with Gasteiger partial charge >= 0.3 is 0 Å². The predicted molar refractivity (Wildman–Crippen MR) is 98.4 cm³/mol. The molecule has 25 heavy (non-hydrogen) atoms. The number of hydrogen-bond acceptors (Lipinski definition) is 4. The molecule has 1 fully saturated rings. The van der Waals surface area contributed by atoms with Crippen LogP contribution >= 0.6 is 0 Å². The molecular weight excluding hydrogens is 314 g/mol. The molecule has 2 N–H and O–H groups in total. The number of anilines is 1. The molecule has 0 bridgehead atoms. The average molecular weight is 339 g/mol. The summed E-state index contributed by atoms with van der Waals surface area (Å²) in [6, 6.07) is 13.5. The molecule has 2 atom stereocenters. The number of piperidine rings is 1. The van der Waals surface area contributed by atoms with Gasteiger partial charge in [-0.3, -0.25) is 9.78 Å². The summed E-state index contributed by atoms with van der Waals surface area (Å²) in [6.07, 6.45) is 3.72. The zero-order chi connectivity index (χ0) is 17.6. The summed E-state index contributed by atoms with van der Waals surface area (Å²) < 4.78 is 0. The van der Waals surface area contributed by atoms with Gasteiger partial charge in [-0.1, -0.05) is 12.1 Å². The van der Waals surface area contributed by atoms with Crippen LogP contribution in [0.2, 0.25) is 0 Å². The van der Waals surface area contributed by atoms with Crippen molar-refractivity contribution in [1.82, 2.24) is 9.88 Å². The third kappa shape index (κ3) is 4.37. The van der Waals surface area contributed by atoms with Gasteiger partial charge in [0.15, 0.2) is 0 Å². The van der Waals surface area contributed by atoms with Gasteiger partial charge in [0.05, 0.1) is 11.7 Å². The van der Waals surface area contributed by atoms with Crippen molar-refractivity contribution < 1.29 is 9.90 Å². The molecule has 1 aromatic heterocycles. The lowest BCUT2D eigenvalue weighted by Gasteiger charge is -2.32. The molecule has 1 aliphatic heterocycles. The summed E-state index contributed by atoms with van der Waals surface area (Å²) in [6.45, 7) is 3.59. The Labute approximate surface area is 148 Å². The molecule has 0 spiro atoms. The number of aliphatic hydroxyl groups excluding tert-OH is 1. The lowest BCUT2D eigenvalue weighted by atomic mass is 9.98. The molecule has 3 rings (SSSR count). The lowest BCUT2D eigenvalue weighted by molar-refractivity contribution is 0.0621. The van der Waals surface area contributed by atoms with E-state index < -0.39 is 0 Å². The number of aromatic nitrogens is 1. The Hall–Kier alpha value is -2.40. The van der Waals surface area contributed by atoms with Crippen molar-refractivity contribution in [1.29, 1.82) is 0 Å². The molecule has 2 heterocycles. The Kier molecular flexibility index (Phi) is 5.66. The Balaban J connectivity index is 1.69. The fourth-order valence-electron chi connectivity index (χ4n) is 3.28. The largest absolute Gasteiger partial charge is 0.396 e. The van der Waals surface area contributed by atoms with E-state index in [4.69, 9.17) is 0 Å². The SMILES string of the molecule is CC(Nc1cccc(C(=O)N2CCCC(CO)C2)c1)c1ccccn1. The van der Waals surface area contributed by atoms with Gasteiger partial charge in [-0.15, -0.1) is 0 Å². The van der Waals surface area contributed by atoms with E-state index >= 15 is 0 Å². The van der Waals surface area contributed by atoms with Gasteiger partial charge in [0.2, 0.25) is 0 Å². The minimum absolute atomic E-state index is 0.0345. The number of nitrogens with one attached hydrogen (secondary N) is 1. The van der Waals surface area contributed by atoms with E-state index in [-0.39, 0.29) is 24.5 Å². The van der Waals surface area contributed by atoms with Crippen LogP contribution in [0.5, 0.6) is 0 Å². The van der Waals surface area contributed by atoms with Crippen molar-refractivity contribution in [3.8, 4) is 0 Å². The van der Waals surface area contributed by atoms with Crippen LogP contribution in [0.3, 0.4) is 0 Å². The number of hydrogen-bond donors (Lipinski definition) is 2. The smallest absolute Gasteiger partial charge is 0.253 e. The zero-order valence-corrected chi connectivity index (χ0v) is 14.6. The second-order valence-electron chi connectivity index (χ2n) is 6.64. The maximum Gasteiger partial charge on any atom is 0.253 e. The monoisotopic (exact) mass is 339 g/mol. The maximum absolute atomic E-state index is 12.8. The van der Waals surface area contributed by atoms with E-state index in [9.17, 15) is 9.90 Å². The highest BCUT2D eigenvalue weighted by Crippen LogP contribution is 2.22. The van der Waals surface area contributed by atoms with Crippen LogP contribution in [0.25, 0.3) is 0 Å². The van der Waals surface area contributed by atoms with Crippen LogP contribution in [0.1, 0.15) is 41.9 Å². The maximum atomic E-state index is 12.8. The Morgan fingerprint density at radius 1 is 1.36 bits per heavy atom. The second-order valence-corrected chi connectivity index (χ2v) is 6.64. The summed E-state index contributed by atoms with van der Waals surface area (Å²) in [5.74, 6) is 0.232. The molecule has 0 aliphatic carbocycles. The van der Waals surface area contributed by atoms with Gasteiger partial charge < -0.3 is 15.3 Å². The van der Waals surface area contributed by atoms with Crippen molar-refractivity contribution in [3.63, 3.8) is 0 Å². The summed E-state index contributed by atoms with van der Waals surface area (Å²) in [4.78, 5) is 19.0. The molecular formula is C20H25N3O2. The molecule has 2 unspecified atom stereocenters. The van der Waals surface area contributed by atoms with Gasteiger partial charge in [0.1, 0.15) is 0 Å². The highest BCUT2D eigenvalue weighted by atomic mass is 16.3. The molecule has 0 radical (unpaired) electrons. The summed E-state index contributed by atoms with van der Waals surface area (Å²) in [5.41, 5.74) is 2.54. The highest BCUT2D eigenvalue weighted by Gasteiger charge is 2.24. The lowest BCUT2D eigenvalue weighted by Crippen LogP contribution is -2.40. The Bertz CT molecular complexity index is 705. The Morgan fingerprint density at radius 2 is 2.24 bits per heavy atom. The van der Waals surface area contributed by atoms with Crippen LogP contribution in [0.15, 0.2) is 48.7 Å². The van der Waals surface area contributed by atoms with Crippen molar-refractivity contribution in [2.45, 2.75) is 25.8 Å². The van der Waals surface area contributed by atoms with E-state index in [2.05, 4.69) is 10.3 Å². The van der Waals surface area contributed by atoms with Crippen molar-refractivity contribution in [2.24, 2.45) is 5.92 Å². The van der Waals surface area contributed by atoms with Crippen LogP contribution < -0.4 is 5.32 Å². The minimum Gasteiger partial charge on any atom is -0.396 e. The zero-order valence-electron chi connectivity index (χ0n) is 14.6. The van der Waals surface area contributed by atoms with Gasteiger partial charge in [-0.25, -0.2) is 0 Å². The van der Waals surface area contributed by atoms with Crippen LogP contribution in [0, 0.1) is 5.92 Å². The van der Waals surface area contributed by atoms with Gasteiger partial charge in [-0.05, 0) is 56.0 Å². The topological polar surface area (TPSA) is 65.5 Å². The van der Waals surface area contributed by atoms with Crippen molar-refractivity contribution >= 4 is 11.6 Å². The van der Waals surface area contributed by atoms with Gasteiger partial charge in [0, 0.05) is 37.1 Å². The first-order chi connectivity index (χ1) is 12.2. The molecule has 1 saturated heterocycles. The standard InChI is InChI=1S/C20H25N3O2/c1-15(19-9-2-3-10-21-19)22-18-8-4-7-17(12-18)20(25)23-11-5-6-16(13-23)14-24/h2-4,7-10,12,15-16,22,24H,5-6,11,13-14H2,1H3. The molecule has 5 nitrogen and oxygen atoms in total. The highest BCUT2D eigenvalue weighted by molar-refractivity contribution is 5.95. The number of carbonyl (C=O) groups excluding carboxylic acids is 1. The average Bonchev–Trinajstić information content (AvgIpc) is 2.68. The van der Waals surface area contributed by atoms with E-state index in [1.807, 2.05) is 54.3 Å². The van der Waals surface area contributed by atoms with E-state index in [1.54, 1.807) is 6.20 Å². The van der Waals surface area contributed by atoms with Crippen molar-refractivity contribution in [2.75, 3.05) is 25.0 Å². The molecule has 1 aromatic carbocycles. The first-order valence-electron chi connectivity index (χ1n) is 8.85. The number of aliphatic hydroxyl groups is 1. The summed E-state index contributed by atoms with van der Waals surface area (Å²) in [5, 5.41) is 12.8. The third-order valence-corrected chi connectivity index (χ3v) is 4.69. The number of benzene rings is 1. The summed E-state index contributed by atoms with van der Waals surface area (Å²) in [7, 11) is 0. The fourth-order valence-corrected chi connectivity index (χ4v) is 3.28. The van der Waals surface area contributed by atoms with Crippen LogP contribution in [-0.2, 0) is 0 Å². The fraction of sp³-hybridized carbons (Fsp3) is 0.400. The van der Waals surface area contributed by atoms with E-state index in [1.165, 1.54) is 0 Å². The van der Waals surface area contributed by atoms with Crippen LogP contribution in [-0.4, -0.2) is 40.6 Å². The third-order valence-electron chi connectivity index (χ3n) is 4.69. The molecule has 0 saturated carbocycles. The number of amides is 1. The van der Waals surface area contributed by atoms with Crippen molar-refractivity contribution in [3.05, 3.63) is 59.9 Å². The first kappa shape index (κ1) is 17.4. The van der Waals surface area contributed by atoms with Gasteiger partial charge in [-0.2, -0.15) is 0 Å². The normalized spacial score (nSPS) is 18.6. The molecule has 132 valence electrons. The number of rotatable bonds is 5. The van der Waals surface area contributed by atoms with Crippen LogP contribution in [0.4, 0.5) is 5.69 Å². The molecule has 2 aromatic rings. The van der Waals surface area contributed by atoms with E-state index in [0.717, 1.165) is 30.8 Å². The van der Waals surface area contributed by atoms with E-state index in [0.29, 0.717) is 12.1 Å². The quantitative estimate of drug-likeness (QED) is 0.878. The summed E-state index contributed by atoms with van der Waals surface area (Å²) >= 11 is 0. The van der Waals surface area contributed by atoms with Gasteiger partial charge in [0.25, 0.3) is 5.91 Å². The second kappa shape index (κ2) is 8.12. The number of carbonyl (C=O) groups is 1. The first-order valence-corrected chi connectivity index (χ1v) is 8.85. The molecule has 1 amide bonds.